The van der Waals surface area contributed by atoms with Gasteiger partial charge in [0.1, 0.15) is 11.6 Å². The molecule has 7 heteroatoms. The number of benzene rings is 1. The molecule has 6 nitrogen and oxygen atoms in total. The summed E-state index contributed by atoms with van der Waals surface area (Å²) >= 11 is 0. The van der Waals surface area contributed by atoms with E-state index in [1.54, 1.807) is 30.9 Å². The molecule has 21 heavy (non-hydrogen) atoms. The standard InChI is InChI=1S/C14H15FN6/c1-8-3-4-9(5-11(8)15)6-17-14-19-12(16)10-7-18-21(2)13(10)20-14/h3-5,7H,6H2,1-2H3,(H3,16,17,19,20). The van der Waals surface area contributed by atoms with E-state index in [1.807, 2.05) is 6.07 Å². The highest BCUT2D eigenvalue weighted by atomic mass is 19.1. The number of halogens is 1. The molecule has 2 aromatic heterocycles. The van der Waals surface area contributed by atoms with Gasteiger partial charge in [-0.15, -0.1) is 0 Å². The molecule has 0 saturated heterocycles. The molecular formula is C14H15FN6. The number of fused-ring (bicyclic) bond motifs is 1. The lowest BCUT2D eigenvalue weighted by Gasteiger charge is -2.07. The van der Waals surface area contributed by atoms with E-state index < -0.39 is 0 Å². The van der Waals surface area contributed by atoms with Gasteiger partial charge in [-0.3, -0.25) is 4.68 Å². The normalized spacial score (nSPS) is 11.0. The van der Waals surface area contributed by atoms with Gasteiger partial charge >= 0.3 is 0 Å². The molecular weight excluding hydrogens is 271 g/mol. The molecule has 0 unspecified atom stereocenters. The highest BCUT2D eigenvalue weighted by Gasteiger charge is 2.09. The van der Waals surface area contributed by atoms with Crippen LogP contribution in [0.3, 0.4) is 0 Å². The molecule has 0 bridgehead atoms. The minimum absolute atomic E-state index is 0.225. The van der Waals surface area contributed by atoms with Crippen molar-refractivity contribution in [3.05, 3.63) is 41.3 Å². The van der Waals surface area contributed by atoms with E-state index >= 15 is 0 Å². The van der Waals surface area contributed by atoms with Crippen LogP contribution in [0.4, 0.5) is 16.2 Å². The first-order chi connectivity index (χ1) is 10.0. The van der Waals surface area contributed by atoms with Crippen LogP contribution in [0.1, 0.15) is 11.1 Å². The summed E-state index contributed by atoms with van der Waals surface area (Å²) in [6.07, 6.45) is 1.63. The maximum atomic E-state index is 13.5. The van der Waals surface area contributed by atoms with Crippen LogP contribution in [0.2, 0.25) is 0 Å². The van der Waals surface area contributed by atoms with Gasteiger partial charge in [0.05, 0.1) is 11.6 Å². The SMILES string of the molecule is Cc1ccc(CNc2nc(N)c3cnn(C)c3n2)cc1F. The molecule has 0 amide bonds. The van der Waals surface area contributed by atoms with Crippen molar-refractivity contribution < 1.29 is 4.39 Å². The second kappa shape index (κ2) is 5.01. The fraction of sp³-hybridized carbons (Fsp3) is 0.214. The molecule has 108 valence electrons. The summed E-state index contributed by atoms with van der Waals surface area (Å²) in [5.74, 6) is 0.534. The highest BCUT2D eigenvalue weighted by Crippen LogP contribution is 2.19. The minimum Gasteiger partial charge on any atom is -0.383 e. The van der Waals surface area contributed by atoms with Crippen molar-refractivity contribution in [1.29, 1.82) is 0 Å². The van der Waals surface area contributed by atoms with E-state index in [9.17, 15) is 4.39 Å². The molecule has 0 spiro atoms. The molecule has 3 rings (SSSR count). The lowest BCUT2D eigenvalue weighted by Crippen LogP contribution is -2.07. The fourth-order valence-corrected chi connectivity index (χ4v) is 2.05. The Morgan fingerprint density at radius 3 is 2.90 bits per heavy atom. The third-order valence-corrected chi connectivity index (χ3v) is 3.31. The van der Waals surface area contributed by atoms with E-state index in [0.717, 1.165) is 5.56 Å². The van der Waals surface area contributed by atoms with Gasteiger partial charge in [-0.2, -0.15) is 15.1 Å². The van der Waals surface area contributed by atoms with Gasteiger partial charge in [-0.1, -0.05) is 12.1 Å². The molecule has 2 heterocycles. The largest absolute Gasteiger partial charge is 0.383 e. The zero-order valence-corrected chi connectivity index (χ0v) is 11.8. The van der Waals surface area contributed by atoms with Crippen LogP contribution in [0.5, 0.6) is 0 Å². The second-order valence-corrected chi connectivity index (χ2v) is 4.88. The van der Waals surface area contributed by atoms with E-state index in [-0.39, 0.29) is 5.82 Å². The number of nitrogens with one attached hydrogen (secondary N) is 1. The zero-order valence-electron chi connectivity index (χ0n) is 11.8. The van der Waals surface area contributed by atoms with Gasteiger partial charge in [0.2, 0.25) is 5.95 Å². The number of hydrogen-bond acceptors (Lipinski definition) is 5. The Bertz CT molecular complexity index is 811. The van der Waals surface area contributed by atoms with Crippen molar-refractivity contribution in [3.8, 4) is 0 Å². The summed E-state index contributed by atoms with van der Waals surface area (Å²) in [5.41, 5.74) is 7.96. The summed E-state index contributed by atoms with van der Waals surface area (Å²) in [6.45, 7) is 2.15. The van der Waals surface area contributed by atoms with Crippen molar-refractivity contribution in [2.75, 3.05) is 11.1 Å². The Hall–Kier alpha value is -2.70. The first-order valence-electron chi connectivity index (χ1n) is 6.48. The molecule has 0 atom stereocenters. The lowest BCUT2D eigenvalue weighted by atomic mass is 10.1. The summed E-state index contributed by atoms with van der Waals surface area (Å²) in [6, 6.07) is 5.09. The number of nitrogens with zero attached hydrogens (tertiary/aromatic N) is 4. The Balaban J connectivity index is 1.84. The topological polar surface area (TPSA) is 81.6 Å². The maximum absolute atomic E-state index is 13.5. The molecule has 3 aromatic rings. The van der Waals surface area contributed by atoms with Gasteiger partial charge in [0.15, 0.2) is 5.65 Å². The fourth-order valence-electron chi connectivity index (χ4n) is 2.05. The molecule has 3 N–H and O–H groups in total. The first kappa shape index (κ1) is 13.3. The predicted octanol–water partition coefficient (Wildman–Crippen LogP) is 2.01. The third kappa shape index (κ3) is 2.49. The van der Waals surface area contributed by atoms with Crippen LogP contribution < -0.4 is 11.1 Å². The van der Waals surface area contributed by atoms with Gasteiger partial charge in [0.25, 0.3) is 0 Å². The summed E-state index contributed by atoms with van der Waals surface area (Å²) < 4.78 is 15.1. The molecule has 0 aliphatic heterocycles. The van der Waals surface area contributed by atoms with Crippen LogP contribution in [-0.4, -0.2) is 19.7 Å². The van der Waals surface area contributed by atoms with Gasteiger partial charge in [0, 0.05) is 13.6 Å². The molecule has 1 aromatic carbocycles. The van der Waals surface area contributed by atoms with Crippen LogP contribution >= 0.6 is 0 Å². The smallest absolute Gasteiger partial charge is 0.226 e. The Labute approximate surface area is 120 Å². The van der Waals surface area contributed by atoms with Gasteiger partial charge in [-0.05, 0) is 24.1 Å². The number of nitrogen functional groups attached to an aromatic ring is 1. The Kier molecular flexibility index (Phi) is 3.17. The van der Waals surface area contributed by atoms with Crippen molar-refractivity contribution in [1.82, 2.24) is 19.7 Å². The maximum Gasteiger partial charge on any atom is 0.226 e. The van der Waals surface area contributed by atoms with Crippen molar-refractivity contribution in [2.45, 2.75) is 13.5 Å². The van der Waals surface area contributed by atoms with Gasteiger partial charge in [-0.25, -0.2) is 4.39 Å². The number of anilines is 2. The van der Waals surface area contributed by atoms with E-state index in [4.69, 9.17) is 5.73 Å². The molecule has 0 saturated carbocycles. The second-order valence-electron chi connectivity index (χ2n) is 4.88. The molecule has 0 aliphatic rings. The summed E-state index contributed by atoms with van der Waals surface area (Å²) in [7, 11) is 1.79. The Morgan fingerprint density at radius 2 is 2.14 bits per heavy atom. The van der Waals surface area contributed by atoms with Crippen LogP contribution in [0.15, 0.2) is 24.4 Å². The molecule has 0 fully saturated rings. The summed E-state index contributed by atoms with van der Waals surface area (Å²) in [5, 5.41) is 7.85. The number of aryl methyl sites for hydroxylation is 2. The Morgan fingerprint density at radius 1 is 1.33 bits per heavy atom. The highest BCUT2D eigenvalue weighted by molar-refractivity contribution is 5.86. The van der Waals surface area contributed by atoms with Crippen molar-refractivity contribution >= 4 is 22.8 Å². The number of rotatable bonds is 3. The van der Waals surface area contributed by atoms with Crippen LogP contribution in [0.25, 0.3) is 11.0 Å². The monoisotopic (exact) mass is 286 g/mol. The lowest BCUT2D eigenvalue weighted by molar-refractivity contribution is 0.616. The van der Waals surface area contributed by atoms with Crippen molar-refractivity contribution in [2.24, 2.45) is 7.05 Å². The summed E-state index contributed by atoms with van der Waals surface area (Å²) in [4.78, 5) is 8.53. The quantitative estimate of drug-likeness (QED) is 0.769. The number of hydrogen-bond donors (Lipinski definition) is 2. The zero-order chi connectivity index (χ0) is 15.0. The molecule has 0 aliphatic carbocycles. The van der Waals surface area contributed by atoms with Crippen LogP contribution in [-0.2, 0) is 13.6 Å². The predicted molar refractivity (Wildman–Crippen MR) is 79.2 cm³/mol. The van der Waals surface area contributed by atoms with E-state index in [0.29, 0.717) is 34.9 Å². The molecule has 0 radical (unpaired) electrons. The van der Waals surface area contributed by atoms with Crippen molar-refractivity contribution in [3.63, 3.8) is 0 Å². The minimum atomic E-state index is -0.225. The average molecular weight is 286 g/mol. The van der Waals surface area contributed by atoms with Gasteiger partial charge < -0.3 is 11.1 Å². The number of nitrogens with two attached hydrogens (primary N) is 1. The first-order valence-corrected chi connectivity index (χ1v) is 6.48. The van der Waals surface area contributed by atoms with E-state index in [1.165, 1.54) is 6.07 Å². The van der Waals surface area contributed by atoms with E-state index in [2.05, 4.69) is 20.4 Å². The van der Waals surface area contributed by atoms with Crippen LogP contribution in [0, 0.1) is 12.7 Å². The number of aromatic nitrogens is 4. The third-order valence-electron chi connectivity index (χ3n) is 3.31. The average Bonchev–Trinajstić information content (AvgIpc) is 2.83.